The maximum atomic E-state index is 11.9. The number of fused-ring (bicyclic) bond motifs is 2. The molecular formula is C66H106Br3Cl2F12N9O21S4. The van der Waals surface area contributed by atoms with Gasteiger partial charge >= 0.3 is 62.4 Å². The number of para-hydroxylation sites is 2. The highest BCUT2D eigenvalue weighted by Gasteiger charge is 2.48. The molecule has 51 heteroatoms. The predicted molar refractivity (Wildman–Crippen MR) is 413 cm³/mol. The average molecular weight is 2030 g/mol. The first-order valence-electron chi connectivity index (χ1n) is 33.8. The van der Waals surface area contributed by atoms with Gasteiger partial charge in [0.2, 0.25) is 0 Å². The Bertz CT molecular complexity index is 3800. The molecule has 0 spiro atoms. The van der Waals surface area contributed by atoms with Gasteiger partial charge in [0.1, 0.15) is 16.8 Å². The molecule has 0 radical (unpaired) electrons. The summed E-state index contributed by atoms with van der Waals surface area (Å²) >= 11 is 12.2. The number of aromatic hydroxyl groups is 1. The molecule has 4 rings (SSSR count). The first kappa shape index (κ1) is 127. The van der Waals surface area contributed by atoms with E-state index < -0.39 is 84.5 Å². The molecule has 117 heavy (non-hydrogen) atoms. The number of carboxylic acids is 2. The van der Waals surface area contributed by atoms with E-state index in [4.69, 9.17) is 19.7 Å². The van der Waals surface area contributed by atoms with Gasteiger partial charge in [-0.15, -0.1) is 0 Å². The second-order valence-electron chi connectivity index (χ2n) is 26.8. The summed E-state index contributed by atoms with van der Waals surface area (Å²) < 4.78 is 237. The van der Waals surface area contributed by atoms with Crippen molar-refractivity contribution in [2.75, 3.05) is 149 Å². The van der Waals surface area contributed by atoms with Crippen LogP contribution < -0.4 is 38.7 Å². The largest absolute Gasteiger partial charge is 1.00 e. The van der Waals surface area contributed by atoms with Gasteiger partial charge in [-0.1, -0.05) is 73.1 Å². The number of esters is 3. The number of halogens is 17. The van der Waals surface area contributed by atoms with Crippen LogP contribution in [0.2, 0.25) is 0 Å². The third-order valence-electron chi connectivity index (χ3n) is 12.5. The summed E-state index contributed by atoms with van der Waals surface area (Å²) in [6.07, 6.45) is 9.56. The fraction of sp³-hybridized carbons (Fsp3) is 0.621. The number of hydrogen-bond donors (Lipinski definition) is 3. The lowest BCUT2D eigenvalue weighted by atomic mass is 10.2. The molecule has 3 N–H and O–H groups in total. The van der Waals surface area contributed by atoms with Crippen molar-refractivity contribution in [3.63, 3.8) is 0 Å². The number of nitrogens with zero attached hydrogens (tertiary/aromatic N) is 9. The Balaban J connectivity index is -0.000000191. The minimum atomic E-state index is -6.72. The molecule has 30 nitrogen and oxygen atoms in total. The summed E-state index contributed by atoms with van der Waals surface area (Å²) in [6.45, 7) is 18.5. The van der Waals surface area contributed by atoms with E-state index in [-0.39, 0.29) is 70.5 Å². The number of sulfonamides is 4. The Morgan fingerprint density at radius 3 is 0.949 bits per heavy atom. The summed E-state index contributed by atoms with van der Waals surface area (Å²) in [5, 5.41) is 26.4. The second-order valence-corrected chi connectivity index (χ2v) is 35.1. The molecule has 2 aromatic heterocycles. The number of hydrogen-bond acceptors (Lipinski definition) is 22. The van der Waals surface area contributed by atoms with Crippen LogP contribution in [-0.2, 0) is 83.1 Å². The molecule has 0 bridgehead atoms. The molecule has 4 aromatic rings. The highest BCUT2D eigenvalue weighted by Crippen LogP contribution is 2.38. The van der Waals surface area contributed by atoms with E-state index >= 15 is 0 Å². The smallest absolute Gasteiger partial charge is 0.480 e. The zero-order valence-corrected chi connectivity index (χ0v) is 76.9. The number of rotatable bonds is 30. The number of carboxylic acid groups (broad SMARTS) is 2. The van der Waals surface area contributed by atoms with Crippen molar-refractivity contribution in [3.8, 4) is 11.5 Å². The van der Waals surface area contributed by atoms with Gasteiger partial charge in [-0.3, -0.25) is 43.5 Å². The first-order valence-corrected chi connectivity index (χ1v) is 41.4. The van der Waals surface area contributed by atoms with E-state index in [1.54, 1.807) is 30.6 Å². The fourth-order valence-corrected chi connectivity index (χ4v) is 10.7. The van der Waals surface area contributed by atoms with Gasteiger partial charge in [-0.25, -0.2) is 33.7 Å². The van der Waals surface area contributed by atoms with Gasteiger partial charge in [-0.2, -0.15) is 52.7 Å². The third kappa shape index (κ3) is 69.8. The summed E-state index contributed by atoms with van der Waals surface area (Å²) in [5.74, 6) is -0.997. The number of carbonyl (C=O) groups is 7. The Hall–Kier alpha value is -5.55. The first-order chi connectivity index (χ1) is 51.8. The van der Waals surface area contributed by atoms with E-state index in [9.17, 15) is 125 Å². The van der Waals surface area contributed by atoms with Gasteiger partial charge in [0.15, 0.2) is 45.8 Å². The summed E-state index contributed by atoms with van der Waals surface area (Å²) in [7, 11) is -1.86. The van der Waals surface area contributed by atoms with E-state index in [0.29, 0.717) is 43.7 Å². The number of alkyl halides is 13. The Morgan fingerprint density at radius 1 is 0.436 bits per heavy atom. The third-order valence-corrected chi connectivity index (χ3v) is 19.0. The van der Waals surface area contributed by atoms with Crippen LogP contribution in [-0.4, -0.2) is 293 Å². The van der Waals surface area contributed by atoms with Crippen molar-refractivity contribution >= 4 is 141 Å². The predicted octanol–water partition coefficient (Wildman–Crippen LogP) is 6.43. The van der Waals surface area contributed by atoms with E-state index in [2.05, 4.69) is 164 Å². The van der Waals surface area contributed by atoms with Crippen LogP contribution in [0.5, 0.6) is 11.5 Å². The highest BCUT2D eigenvalue weighted by molar-refractivity contribution is 9.09. The number of carbonyl (C=O) groups excluding carboxylic acids is 5. The number of phenols is 1. The van der Waals surface area contributed by atoms with Crippen LogP contribution >= 0.6 is 39.1 Å². The van der Waals surface area contributed by atoms with Gasteiger partial charge in [-0.05, 0) is 87.4 Å². The zero-order valence-electron chi connectivity index (χ0n) is 67.3. The van der Waals surface area contributed by atoms with E-state index in [1.807, 2.05) is 56.3 Å². The molecule has 0 amide bonds. The van der Waals surface area contributed by atoms with Crippen LogP contribution in [0.4, 0.5) is 52.7 Å². The minimum absolute atomic E-state index is 0. The molecule has 0 saturated heterocycles. The SMILES string of the molecule is CCN(CC)CC.CCOC(=O)CCCBr.CCOC(=O)CCC[N+](C)(C)C.C[N+](C)(C)CCCC(=O)O.C[N+](C)(C)CCCC(=O)O.C[N+](C)(C)CCCC(=O)Oc1cccc2cccnc12.O=C(Cl)C(=O)Cl.O=S(=O)([N-]S(=O)(=O)C(F)(F)F)C(F)(F)F.O=S(=O)([N-]S(=O)(=O)C(F)(F)F)C(F)(F)F.Oc1cccc2cccnc12.[Br-].[Br-]. The van der Waals surface area contributed by atoms with Crippen LogP contribution in [0.1, 0.15) is 98.8 Å². The minimum Gasteiger partial charge on any atom is -1.00 e. The van der Waals surface area contributed by atoms with Crippen molar-refractivity contribution in [1.82, 2.24) is 14.9 Å². The van der Waals surface area contributed by atoms with Crippen molar-refractivity contribution < 1.29 is 201 Å². The summed E-state index contributed by atoms with van der Waals surface area (Å²) in [4.78, 5) is 83.0. The van der Waals surface area contributed by atoms with Crippen molar-refractivity contribution in [2.45, 2.75) is 121 Å². The normalized spacial score (nSPS) is 11.7. The summed E-state index contributed by atoms with van der Waals surface area (Å²) in [6, 6.07) is 18.6. The lowest BCUT2D eigenvalue weighted by Gasteiger charge is -2.23. The molecule has 0 atom stereocenters. The summed E-state index contributed by atoms with van der Waals surface area (Å²) in [5.41, 5.74) is -23.4. The number of aromatic nitrogens is 2. The monoisotopic (exact) mass is 2020 g/mol. The molecule has 0 aliphatic rings. The van der Waals surface area contributed by atoms with Crippen molar-refractivity contribution in [3.05, 3.63) is 81.3 Å². The van der Waals surface area contributed by atoms with Crippen LogP contribution in [0.3, 0.4) is 0 Å². The van der Waals surface area contributed by atoms with Crippen LogP contribution in [0.25, 0.3) is 30.1 Å². The molecule has 0 aliphatic carbocycles. The molecule has 0 saturated carbocycles. The van der Waals surface area contributed by atoms with Gasteiger partial charge < -0.3 is 94.6 Å². The quantitative estimate of drug-likeness (QED) is 0.00962. The van der Waals surface area contributed by atoms with Gasteiger partial charge in [0, 0.05) is 60.6 Å². The second kappa shape index (κ2) is 60.9. The molecule has 0 fully saturated rings. The Kier molecular flexibility index (Phi) is 66.1. The fourth-order valence-electron chi connectivity index (χ4n) is 7.00. The number of pyridine rings is 2. The Labute approximate surface area is 715 Å². The highest BCUT2D eigenvalue weighted by atomic mass is 79.9. The van der Waals surface area contributed by atoms with Gasteiger partial charge in [0.25, 0.3) is 0 Å². The molecule has 0 aliphatic heterocycles. The van der Waals surface area contributed by atoms with Crippen molar-refractivity contribution in [2.24, 2.45) is 0 Å². The molecule has 684 valence electrons. The number of aliphatic carboxylic acids is 2. The maximum absolute atomic E-state index is 11.9. The topological polar surface area (TPSA) is 402 Å². The molecule has 2 heterocycles. The zero-order chi connectivity index (χ0) is 91.7. The molecular weight excluding hydrogens is 1920 g/mol. The lowest BCUT2D eigenvalue weighted by Crippen LogP contribution is -3.00. The molecule has 2 aromatic carbocycles. The standard InChI is InChI=1S/C16H21N2O2.C9H20NO2.C9H7NO.2C7H15NO2.C6H11BrO2.C6H15N.C2Cl2O2.2C2F6NO4S2.2BrH/c1-18(2,3)12-6-10-15(19)20-14-9-4-7-13-8-5-11-17-16(13)14;1-5-12-9(11)7-6-8-10(2,3)4;11-8-5-1-3-7-4-2-6-10-9(7)8;2*1-8(2,3)6-4-5-7(9)10;1-2-9-6(8)4-3-5-7;1-4-7(5-2)6-3;3-1(5)2(4)6;2*3-1(4,5)14(10,11)9-15(12,13)2(6,7)8;;/h4-5,7-9,11H,6,10,12H2,1-3H3;5-8H2,1-4H3;1-6,11H;2*4-6H2,1-3H3;2-5H2,1H3;4-6H2,1-3H3;;;;2*1H/q2*+1;;;;;;;2*-1;;. The number of benzene rings is 2. The number of quaternary nitrogens is 4. The maximum Gasteiger partial charge on any atom is 0.480 e. The average Bonchev–Trinajstić information content (AvgIpc) is 0.795. The lowest BCUT2D eigenvalue weighted by molar-refractivity contribution is -0.870. The number of ether oxygens (including phenoxy) is 3. The van der Waals surface area contributed by atoms with Gasteiger partial charge in [0.05, 0.1) is 150 Å². The van der Waals surface area contributed by atoms with E-state index in [1.165, 1.54) is 19.6 Å². The van der Waals surface area contributed by atoms with Crippen LogP contribution in [0, 0.1) is 0 Å². The van der Waals surface area contributed by atoms with E-state index in [0.717, 1.165) is 106 Å². The number of phenolic OH excluding ortho intramolecular Hbond substituents is 1. The molecule has 0 unspecified atom stereocenters. The van der Waals surface area contributed by atoms with Crippen molar-refractivity contribution in [1.29, 1.82) is 0 Å². The van der Waals surface area contributed by atoms with Crippen LogP contribution in [0.15, 0.2) is 73.1 Å². The Morgan fingerprint density at radius 2 is 0.701 bits per heavy atom.